The Labute approximate surface area is 135 Å². The molecule has 0 spiro atoms. The lowest BCUT2D eigenvalue weighted by atomic mass is 9.89. The van der Waals surface area contributed by atoms with Gasteiger partial charge in [-0.1, -0.05) is 36.4 Å². The number of carbonyl (C=O) groups is 1. The molecule has 3 nitrogen and oxygen atoms in total. The zero-order chi connectivity index (χ0) is 16.4. The van der Waals surface area contributed by atoms with Crippen molar-refractivity contribution in [1.29, 1.82) is 0 Å². The molecule has 2 atom stereocenters. The molecule has 1 aliphatic rings. The highest BCUT2D eigenvalue weighted by Crippen LogP contribution is 2.33. The Morgan fingerprint density at radius 1 is 1.22 bits per heavy atom. The summed E-state index contributed by atoms with van der Waals surface area (Å²) in [4.78, 5) is 14.4. The summed E-state index contributed by atoms with van der Waals surface area (Å²) in [5.41, 5.74) is 8.03. The average Bonchev–Trinajstić information content (AvgIpc) is 2.99. The zero-order valence-electron chi connectivity index (χ0n) is 13.2. The number of amides is 1. The van der Waals surface area contributed by atoms with Crippen LogP contribution in [0.15, 0.2) is 48.5 Å². The van der Waals surface area contributed by atoms with Gasteiger partial charge in [0.15, 0.2) is 0 Å². The normalized spacial score (nSPS) is 20.7. The van der Waals surface area contributed by atoms with E-state index in [2.05, 4.69) is 12.1 Å². The summed E-state index contributed by atoms with van der Waals surface area (Å²) in [5, 5.41) is 0. The van der Waals surface area contributed by atoms with E-state index in [1.165, 1.54) is 11.6 Å². The number of hydrogen-bond donors (Lipinski definition) is 1. The number of nitrogens with zero attached hydrogens (tertiary/aromatic N) is 1. The third kappa shape index (κ3) is 3.13. The molecule has 2 aromatic rings. The van der Waals surface area contributed by atoms with Gasteiger partial charge in [-0.25, -0.2) is 4.39 Å². The Morgan fingerprint density at radius 2 is 1.96 bits per heavy atom. The minimum Gasteiger partial charge on any atom is -0.338 e. The number of halogens is 1. The maximum absolute atomic E-state index is 14.1. The summed E-state index contributed by atoms with van der Waals surface area (Å²) in [6, 6.07) is 14.8. The van der Waals surface area contributed by atoms with Crippen LogP contribution in [0.25, 0.3) is 0 Å². The number of nitrogens with two attached hydrogens (primary N) is 1. The lowest BCUT2D eigenvalue weighted by Crippen LogP contribution is -2.30. The summed E-state index contributed by atoms with van der Waals surface area (Å²) in [5.74, 6) is -0.296. The molecule has 0 unspecified atom stereocenters. The summed E-state index contributed by atoms with van der Waals surface area (Å²) >= 11 is 0. The van der Waals surface area contributed by atoms with Gasteiger partial charge in [0.2, 0.25) is 0 Å². The van der Waals surface area contributed by atoms with Crippen LogP contribution in [0.3, 0.4) is 0 Å². The van der Waals surface area contributed by atoms with E-state index in [1.807, 2.05) is 25.1 Å². The van der Waals surface area contributed by atoms with Crippen molar-refractivity contribution in [2.24, 2.45) is 11.7 Å². The molecule has 2 aromatic carbocycles. The Morgan fingerprint density at radius 3 is 2.61 bits per heavy atom. The van der Waals surface area contributed by atoms with Crippen LogP contribution in [-0.2, 0) is 0 Å². The highest BCUT2D eigenvalue weighted by Gasteiger charge is 2.36. The maximum atomic E-state index is 14.1. The van der Waals surface area contributed by atoms with Crippen molar-refractivity contribution in [3.8, 4) is 0 Å². The van der Waals surface area contributed by atoms with Crippen LogP contribution >= 0.6 is 0 Å². The number of benzene rings is 2. The average molecular weight is 312 g/mol. The van der Waals surface area contributed by atoms with Crippen molar-refractivity contribution >= 4 is 5.91 Å². The second-order valence-electron chi connectivity index (χ2n) is 6.21. The second kappa shape index (κ2) is 6.50. The standard InChI is InChI=1S/C19H21FN2O/c1-13-7-8-16(18(20)9-13)19(23)22-11-15(10-21)17(12-22)14-5-3-2-4-6-14/h2-9,15,17H,10-12,21H2,1H3/t15-,17+/m1/s1. The molecule has 0 aromatic heterocycles. The molecule has 1 fully saturated rings. The van der Waals surface area contributed by atoms with E-state index in [-0.39, 0.29) is 23.3 Å². The molecular weight excluding hydrogens is 291 g/mol. The first-order chi connectivity index (χ1) is 11.1. The molecule has 23 heavy (non-hydrogen) atoms. The van der Waals surface area contributed by atoms with Crippen molar-refractivity contribution in [1.82, 2.24) is 4.90 Å². The van der Waals surface area contributed by atoms with Gasteiger partial charge in [-0.05, 0) is 42.6 Å². The summed E-state index contributed by atoms with van der Waals surface area (Å²) in [7, 11) is 0. The van der Waals surface area contributed by atoms with Gasteiger partial charge < -0.3 is 10.6 Å². The first-order valence-corrected chi connectivity index (χ1v) is 7.90. The Kier molecular flexibility index (Phi) is 4.44. The van der Waals surface area contributed by atoms with Crippen LogP contribution in [0.4, 0.5) is 4.39 Å². The third-order valence-corrected chi connectivity index (χ3v) is 4.61. The van der Waals surface area contributed by atoms with Gasteiger partial charge in [-0.3, -0.25) is 4.79 Å². The fraction of sp³-hybridized carbons (Fsp3) is 0.316. The minimum atomic E-state index is -0.456. The molecule has 1 aliphatic heterocycles. The van der Waals surface area contributed by atoms with E-state index in [9.17, 15) is 9.18 Å². The van der Waals surface area contributed by atoms with E-state index >= 15 is 0 Å². The third-order valence-electron chi connectivity index (χ3n) is 4.61. The Bertz CT molecular complexity index is 702. The van der Waals surface area contributed by atoms with E-state index in [0.717, 1.165) is 5.56 Å². The minimum absolute atomic E-state index is 0.139. The summed E-state index contributed by atoms with van der Waals surface area (Å²) < 4.78 is 14.1. The van der Waals surface area contributed by atoms with Crippen molar-refractivity contribution in [3.63, 3.8) is 0 Å². The molecule has 1 saturated heterocycles. The summed E-state index contributed by atoms with van der Waals surface area (Å²) in [6.07, 6.45) is 0. The van der Waals surface area contributed by atoms with Gasteiger partial charge in [0.05, 0.1) is 5.56 Å². The van der Waals surface area contributed by atoms with Crippen LogP contribution in [0, 0.1) is 18.7 Å². The molecule has 0 radical (unpaired) electrons. The quantitative estimate of drug-likeness (QED) is 0.947. The molecule has 0 aliphatic carbocycles. The van der Waals surface area contributed by atoms with Gasteiger partial charge in [0, 0.05) is 19.0 Å². The van der Waals surface area contributed by atoms with Crippen LogP contribution in [-0.4, -0.2) is 30.4 Å². The van der Waals surface area contributed by atoms with Crippen molar-refractivity contribution in [2.75, 3.05) is 19.6 Å². The molecular formula is C19H21FN2O. The molecule has 0 bridgehead atoms. The molecule has 3 rings (SSSR count). The number of hydrogen-bond acceptors (Lipinski definition) is 2. The van der Waals surface area contributed by atoms with Gasteiger partial charge in [-0.15, -0.1) is 0 Å². The maximum Gasteiger partial charge on any atom is 0.256 e. The molecule has 4 heteroatoms. The van der Waals surface area contributed by atoms with Crippen molar-refractivity contribution < 1.29 is 9.18 Å². The van der Waals surface area contributed by atoms with Gasteiger partial charge in [0.1, 0.15) is 5.82 Å². The van der Waals surface area contributed by atoms with Crippen LogP contribution in [0.1, 0.15) is 27.4 Å². The lowest BCUT2D eigenvalue weighted by molar-refractivity contribution is 0.0782. The highest BCUT2D eigenvalue weighted by molar-refractivity contribution is 5.94. The molecule has 1 heterocycles. The zero-order valence-corrected chi connectivity index (χ0v) is 13.2. The largest absolute Gasteiger partial charge is 0.338 e. The van der Waals surface area contributed by atoms with Crippen LogP contribution in [0.2, 0.25) is 0 Å². The van der Waals surface area contributed by atoms with Gasteiger partial charge in [-0.2, -0.15) is 0 Å². The second-order valence-corrected chi connectivity index (χ2v) is 6.21. The van der Waals surface area contributed by atoms with Crippen LogP contribution < -0.4 is 5.73 Å². The molecule has 1 amide bonds. The van der Waals surface area contributed by atoms with Crippen molar-refractivity contribution in [2.45, 2.75) is 12.8 Å². The Balaban J connectivity index is 1.83. The lowest BCUT2D eigenvalue weighted by Gasteiger charge is -2.17. The monoisotopic (exact) mass is 312 g/mol. The SMILES string of the molecule is Cc1ccc(C(=O)N2C[C@@H](CN)[C@H](c3ccccc3)C2)c(F)c1. The first kappa shape index (κ1) is 15.7. The smallest absolute Gasteiger partial charge is 0.256 e. The van der Waals surface area contributed by atoms with E-state index in [0.29, 0.717) is 19.6 Å². The van der Waals surface area contributed by atoms with E-state index < -0.39 is 5.82 Å². The molecule has 120 valence electrons. The van der Waals surface area contributed by atoms with E-state index in [4.69, 9.17) is 5.73 Å². The fourth-order valence-corrected chi connectivity index (χ4v) is 3.32. The molecule has 0 saturated carbocycles. The van der Waals surface area contributed by atoms with Crippen molar-refractivity contribution in [3.05, 3.63) is 71.0 Å². The number of aryl methyl sites for hydroxylation is 1. The van der Waals surface area contributed by atoms with Gasteiger partial charge in [0.25, 0.3) is 5.91 Å². The number of carbonyl (C=O) groups excluding carboxylic acids is 1. The first-order valence-electron chi connectivity index (χ1n) is 7.90. The fourth-order valence-electron chi connectivity index (χ4n) is 3.32. The predicted molar refractivity (Wildman–Crippen MR) is 88.8 cm³/mol. The predicted octanol–water partition coefficient (Wildman–Crippen LogP) is 2.95. The van der Waals surface area contributed by atoms with Gasteiger partial charge >= 0.3 is 0 Å². The highest BCUT2D eigenvalue weighted by atomic mass is 19.1. The Hall–Kier alpha value is -2.20. The summed E-state index contributed by atoms with van der Waals surface area (Å²) in [6.45, 7) is 3.48. The van der Waals surface area contributed by atoms with E-state index in [1.54, 1.807) is 17.0 Å². The topological polar surface area (TPSA) is 46.3 Å². The molecule has 2 N–H and O–H groups in total. The van der Waals surface area contributed by atoms with Crippen LogP contribution in [0.5, 0.6) is 0 Å². The number of likely N-dealkylation sites (tertiary alicyclic amines) is 1. The number of rotatable bonds is 3.